The van der Waals surface area contributed by atoms with Crippen LogP contribution in [0.5, 0.6) is 0 Å². The second-order valence-corrected chi connectivity index (χ2v) is 33.7. The van der Waals surface area contributed by atoms with Crippen molar-refractivity contribution >= 4 is 39.5 Å². The molecule has 0 aliphatic carbocycles. The molecule has 3 unspecified atom stereocenters. The number of rotatable bonds is 78. The summed E-state index contributed by atoms with van der Waals surface area (Å²) in [5.41, 5.74) is 0. The molecule has 594 valence electrons. The van der Waals surface area contributed by atoms with Crippen molar-refractivity contribution in [2.45, 2.75) is 433 Å². The molecule has 3 N–H and O–H groups in total. The Labute approximate surface area is 613 Å². The van der Waals surface area contributed by atoms with Crippen molar-refractivity contribution < 1.29 is 80.2 Å². The summed E-state index contributed by atoms with van der Waals surface area (Å²) in [4.78, 5) is 73.1. The van der Waals surface area contributed by atoms with Gasteiger partial charge in [0.1, 0.15) is 19.3 Å². The molecule has 0 amide bonds. The van der Waals surface area contributed by atoms with Crippen molar-refractivity contribution in [1.82, 2.24) is 0 Å². The highest BCUT2D eigenvalue weighted by atomic mass is 31.2. The number of esters is 4. The number of unbranched alkanes of at least 4 members (excludes halogenated alkanes) is 43. The maximum absolute atomic E-state index is 13.1. The second-order valence-electron chi connectivity index (χ2n) is 30.8. The maximum Gasteiger partial charge on any atom is 0.472 e. The molecule has 0 rings (SSSR count). The lowest BCUT2D eigenvalue weighted by Crippen LogP contribution is -2.30. The first kappa shape index (κ1) is 98.1. The molecule has 0 fully saturated rings. The fourth-order valence-corrected chi connectivity index (χ4v) is 14.0. The molecule has 0 spiro atoms. The zero-order valence-corrected chi connectivity index (χ0v) is 67.6. The summed E-state index contributed by atoms with van der Waals surface area (Å²) in [6.07, 6.45) is 56.7. The standard InChI is InChI=1S/C81H158O17P2/c1-9-74(8)60-52-44-36-31-32-38-46-54-62-79(84)92-68-77(98-81(86)64-56-48-40-30-24-18-16-21-27-35-43-51-59-73(6)7)70-96-100(89,90)94-66-75(82)65-93-99(87,88)95-69-76(67-91-78(83)61-53-45-37-28-22-17-15-20-26-34-42-50-58-72(4)5)97-80(85)63-55-47-39-29-23-14-12-10-11-13-19-25-33-41-49-57-71(2)3/h71-77,82H,9-70H2,1-8H3,(H,87,88)(H,89,90)/t74?,75-,76-,77-/m1/s1. The second kappa shape index (κ2) is 70.1. The Morgan fingerprint density at radius 2 is 0.480 bits per heavy atom. The van der Waals surface area contributed by atoms with Crippen LogP contribution in [0.1, 0.15) is 415 Å². The third-order valence-corrected chi connectivity index (χ3v) is 21.1. The summed E-state index contributed by atoms with van der Waals surface area (Å²) in [6, 6.07) is 0. The van der Waals surface area contributed by atoms with E-state index in [4.69, 9.17) is 37.0 Å². The number of phosphoric ester groups is 2. The van der Waals surface area contributed by atoms with Gasteiger partial charge < -0.3 is 33.8 Å². The van der Waals surface area contributed by atoms with Gasteiger partial charge in [0, 0.05) is 25.7 Å². The van der Waals surface area contributed by atoms with E-state index < -0.39 is 97.5 Å². The van der Waals surface area contributed by atoms with Crippen molar-refractivity contribution in [3.63, 3.8) is 0 Å². The zero-order valence-electron chi connectivity index (χ0n) is 65.8. The van der Waals surface area contributed by atoms with Crippen LogP contribution in [-0.4, -0.2) is 96.7 Å². The molecule has 19 heteroatoms. The predicted octanol–water partition coefficient (Wildman–Crippen LogP) is 24.0. The largest absolute Gasteiger partial charge is 0.472 e. The van der Waals surface area contributed by atoms with Crippen LogP contribution in [-0.2, 0) is 65.4 Å². The molecule has 0 saturated heterocycles. The monoisotopic (exact) mass is 1470 g/mol. The summed E-state index contributed by atoms with van der Waals surface area (Å²) in [5, 5.41) is 10.6. The van der Waals surface area contributed by atoms with Crippen LogP contribution in [0.4, 0.5) is 0 Å². The first-order valence-corrected chi connectivity index (χ1v) is 44.7. The normalized spacial score (nSPS) is 14.3. The van der Waals surface area contributed by atoms with Crippen LogP contribution in [0.25, 0.3) is 0 Å². The fourth-order valence-electron chi connectivity index (χ4n) is 12.4. The third-order valence-electron chi connectivity index (χ3n) is 19.2. The summed E-state index contributed by atoms with van der Waals surface area (Å²) in [5.74, 6) is 1.03. The van der Waals surface area contributed by atoms with Crippen molar-refractivity contribution in [2.75, 3.05) is 39.6 Å². The van der Waals surface area contributed by atoms with E-state index in [2.05, 4.69) is 55.4 Å². The van der Waals surface area contributed by atoms with E-state index >= 15 is 0 Å². The minimum Gasteiger partial charge on any atom is -0.462 e. The number of aliphatic hydroxyl groups excluding tert-OH is 1. The fraction of sp³-hybridized carbons (Fsp3) is 0.951. The van der Waals surface area contributed by atoms with Crippen molar-refractivity contribution in [3.8, 4) is 0 Å². The quantitative estimate of drug-likeness (QED) is 0.0222. The Morgan fingerprint density at radius 1 is 0.280 bits per heavy atom. The highest BCUT2D eigenvalue weighted by Gasteiger charge is 2.30. The van der Waals surface area contributed by atoms with Gasteiger partial charge in [-0.3, -0.25) is 37.3 Å². The molecule has 0 aromatic rings. The summed E-state index contributed by atoms with van der Waals surface area (Å²) in [7, 11) is -9.92. The van der Waals surface area contributed by atoms with Crippen LogP contribution in [0.2, 0.25) is 0 Å². The van der Waals surface area contributed by atoms with E-state index in [0.717, 1.165) is 114 Å². The number of carbonyl (C=O) groups is 4. The smallest absolute Gasteiger partial charge is 0.462 e. The third kappa shape index (κ3) is 73.0. The molecule has 0 aliphatic rings. The molecule has 0 aliphatic heterocycles. The number of ether oxygens (including phenoxy) is 4. The Kier molecular flexibility index (Phi) is 68.7. The van der Waals surface area contributed by atoms with E-state index in [1.54, 1.807) is 0 Å². The molecule has 100 heavy (non-hydrogen) atoms. The predicted molar refractivity (Wildman–Crippen MR) is 409 cm³/mol. The van der Waals surface area contributed by atoms with Crippen molar-refractivity contribution in [3.05, 3.63) is 0 Å². The number of phosphoric acid groups is 2. The summed E-state index contributed by atoms with van der Waals surface area (Å²) < 4.78 is 68.8. The lowest BCUT2D eigenvalue weighted by molar-refractivity contribution is -0.161. The van der Waals surface area contributed by atoms with Gasteiger partial charge in [0.25, 0.3) is 0 Å². The Morgan fingerprint density at radius 3 is 0.710 bits per heavy atom. The molecule has 17 nitrogen and oxygen atoms in total. The Hall–Kier alpha value is -1.94. The molecule has 0 aromatic heterocycles. The highest BCUT2D eigenvalue weighted by Crippen LogP contribution is 2.45. The van der Waals surface area contributed by atoms with Gasteiger partial charge in [0.05, 0.1) is 26.4 Å². The number of hydrogen-bond donors (Lipinski definition) is 3. The Balaban J connectivity index is 5.27. The first-order chi connectivity index (χ1) is 48.1. The molecule has 0 saturated carbocycles. The van der Waals surface area contributed by atoms with Crippen LogP contribution in [0.3, 0.4) is 0 Å². The van der Waals surface area contributed by atoms with E-state index in [9.17, 15) is 43.2 Å². The summed E-state index contributed by atoms with van der Waals surface area (Å²) >= 11 is 0. The number of aliphatic hydroxyl groups is 1. The van der Waals surface area contributed by atoms with E-state index in [1.165, 1.54) is 218 Å². The van der Waals surface area contributed by atoms with Crippen molar-refractivity contribution in [1.29, 1.82) is 0 Å². The molecular weight excluding hydrogens is 1310 g/mol. The van der Waals surface area contributed by atoms with Gasteiger partial charge in [0.2, 0.25) is 0 Å². The SMILES string of the molecule is CCC(C)CCCCCCCCCCC(=O)OC[C@H](COP(=O)(O)OC[C@H](O)COP(=O)(O)OC[C@@H](COC(=O)CCCCCCCCCCCCCCC(C)C)OC(=O)CCCCCCCCCCCCCCCCCC(C)C)OC(=O)CCCCCCCCCCCCCCC(C)C. The van der Waals surface area contributed by atoms with Gasteiger partial charge in [-0.05, 0) is 49.4 Å². The lowest BCUT2D eigenvalue weighted by Gasteiger charge is -2.21. The van der Waals surface area contributed by atoms with Gasteiger partial charge in [0.15, 0.2) is 12.2 Å². The highest BCUT2D eigenvalue weighted by molar-refractivity contribution is 7.47. The average molecular weight is 1470 g/mol. The van der Waals surface area contributed by atoms with Gasteiger partial charge >= 0.3 is 39.5 Å². The van der Waals surface area contributed by atoms with Crippen LogP contribution in [0.15, 0.2) is 0 Å². The van der Waals surface area contributed by atoms with Gasteiger partial charge in [-0.1, -0.05) is 364 Å². The molecule has 0 radical (unpaired) electrons. The van der Waals surface area contributed by atoms with Crippen LogP contribution < -0.4 is 0 Å². The van der Waals surface area contributed by atoms with Gasteiger partial charge in [-0.2, -0.15) is 0 Å². The van der Waals surface area contributed by atoms with Gasteiger partial charge in [-0.15, -0.1) is 0 Å². The lowest BCUT2D eigenvalue weighted by atomic mass is 9.99. The molecular formula is C81H158O17P2. The van der Waals surface area contributed by atoms with Crippen LogP contribution >= 0.6 is 15.6 Å². The number of carbonyl (C=O) groups excluding carboxylic acids is 4. The maximum atomic E-state index is 13.1. The van der Waals surface area contributed by atoms with Gasteiger partial charge in [-0.25, -0.2) is 9.13 Å². The minimum absolute atomic E-state index is 0.106. The Bertz CT molecular complexity index is 1960. The molecule has 0 aromatic carbocycles. The molecule has 0 heterocycles. The van der Waals surface area contributed by atoms with E-state index in [0.29, 0.717) is 25.7 Å². The van der Waals surface area contributed by atoms with Crippen molar-refractivity contribution in [2.24, 2.45) is 23.7 Å². The topological polar surface area (TPSA) is 237 Å². The number of hydrogen-bond acceptors (Lipinski definition) is 15. The van der Waals surface area contributed by atoms with E-state index in [1.807, 2.05) is 0 Å². The average Bonchev–Trinajstić information content (AvgIpc) is 0.956. The minimum atomic E-state index is -4.96. The molecule has 6 atom stereocenters. The zero-order chi connectivity index (χ0) is 73.8. The van der Waals surface area contributed by atoms with Crippen LogP contribution in [0, 0.1) is 23.7 Å². The molecule has 0 bridgehead atoms. The first-order valence-electron chi connectivity index (χ1n) is 41.7. The van der Waals surface area contributed by atoms with E-state index in [-0.39, 0.29) is 25.7 Å². The summed E-state index contributed by atoms with van der Waals surface area (Å²) in [6.45, 7) is 14.3.